The molecule has 0 aliphatic carbocycles. The Kier molecular flexibility index (Phi) is 4.97. The first-order valence-corrected chi connectivity index (χ1v) is 7.99. The first-order chi connectivity index (χ1) is 12.0. The van der Waals surface area contributed by atoms with E-state index in [4.69, 9.17) is 4.74 Å². The van der Waals surface area contributed by atoms with E-state index in [2.05, 4.69) is 15.3 Å². The standard InChI is InChI=1S/C17H20FN5O2/c1-22(2)16-15(4-3-7-20-16)25-12-6-9-23(11-12)17(24)21-14-5-8-19-10-13(14)18/h3-5,7-8,10,12H,6,9,11H2,1-2H3,(H,19,21,24)/t12-/m0/s1. The van der Waals surface area contributed by atoms with E-state index in [1.54, 1.807) is 11.1 Å². The Morgan fingerprint density at radius 2 is 2.24 bits per heavy atom. The smallest absolute Gasteiger partial charge is 0.322 e. The molecule has 8 heteroatoms. The van der Waals surface area contributed by atoms with Gasteiger partial charge in [0.2, 0.25) is 0 Å². The second-order valence-corrected chi connectivity index (χ2v) is 5.98. The van der Waals surface area contributed by atoms with Gasteiger partial charge in [0.15, 0.2) is 17.4 Å². The topological polar surface area (TPSA) is 70.6 Å². The number of pyridine rings is 2. The van der Waals surface area contributed by atoms with Crippen molar-refractivity contribution in [2.75, 3.05) is 37.4 Å². The van der Waals surface area contributed by atoms with Gasteiger partial charge >= 0.3 is 6.03 Å². The van der Waals surface area contributed by atoms with Crippen LogP contribution in [0, 0.1) is 5.82 Å². The molecule has 0 aromatic carbocycles. The number of nitrogens with zero attached hydrogens (tertiary/aromatic N) is 4. The molecule has 7 nitrogen and oxygen atoms in total. The Hall–Kier alpha value is -2.90. The summed E-state index contributed by atoms with van der Waals surface area (Å²) in [7, 11) is 3.79. The molecule has 1 atom stereocenters. The fourth-order valence-corrected chi connectivity index (χ4v) is 2.67. The molecule has 0 saturated carbocycles. The second kappa shape index (κ2) is 7.33. The number of ether oxygens (including phenoxy) is 1. The van der Waals surface area contributed by atoms with E-state index in [-0.39, 0.29) is 17.8 Å². The van der Waals surface area contributed by atoms with Crippen LogP contribution in [0.25, 0.3) is 0 Å². The summed E-state index contributed by atoms with van der Waals surface area (Å²) in [4.78, 5) is 23.7. The Labute approximate surface area is 145 Å². The Morgan fingerprint density at radius 3 is 3.00 bits per heavy atom. The van der Waals surface area contributed by atoms with Gasteiger partial charge in [0.05, 0.1) is 18.4 Å². The number of rotatable bonds is 4. The first-order valence-electron chi connectivity index (χ1n) is 7.99. The molecular weight excluding hydrogens is 325 g/mol. The van der Waals surface area contributed by atoms with Crippen molar-refractivity contribution in [2.24, 2.45) is 0 Å². The lowest BCUT2D eigenvalue weighted by Gasteiger charge is -2.20. The molecule has 3 rings (SSSR count). The first kappa shape index (κ1) is 16.9. The fraction of sp³-hybridized carbons (Fsp3) is 0.353. The number of anilines is 2. The maximum absolute atomic E-state index is 13.6. The summed E-state index contributed by atoms with van der Waals surface area (Å²) in [5.41, 5.74) is 0.117. The quantitative estimate of drug-likeness (QED) is 0.921. The van der Waals surface area contributed by atoms with Gasteiger partial charge in [-0.05, 0) is 18.2 Å². The Morgan fingerprint density at radius 1 is 1.40 bits per heavy atom. The summed E-state index contributed by atoms with van der Waals surface area (Å²) in [6.07, 6.45) is 4.78. The molecule has 132 valence electrons. The van der Waals surface area contributed by atoms with Crippen molar-refractivity contribution in [2.45, 2.75) is 12.5 Å². The van der Waals surface area contributed by atoms with E-state index in [0.29, 0.717) is 25.3 Å². The molecule has 0 bridgehead atoms. The molecular formula is C17H20FN5O2. The number of hydrogen-bond acceptors (Lipinski definition) is 5. The maximum Gasteiger partial charge on any atom is 0.322 e. The van der Waals surface area contributed by atoms with Gasteiger partial charge in [0.25, 0.3) is 0 Å². The highest BCUT2D eigenvalue weighted by Crippen LogP contribution is 2.27. The van der Waals surface area contributed by atoms with Crippen molar-refractivity contribution < 1.29 is 13.9 Å². The van der Waals surface area contributed by atoms with Crippen molar-refractivity contribution in [3.05, 3.63) is 42.6 Å². The van der Waals surface area contributed by atoms with E-state index < -0.39 is 5.82 Å². The van der Waals surface area contributed by atoms with E-state index in [1.807, 2.05) is 31.1 Å². The lowest BCUT2D eigenvalue weighted by atomic mass is 10.3. The van der Waals surface area contributed by atoms with Gasteiger partial charge in [-0.3, -0.25) is 4.98 Å². The van der Waals surface area contributed by atoms with Crippen LogP contribution in [-0.2, 0) is 0 Å². The number of amides is 2. The number of aromatic nitrogens is 2. The van der Waals surface area contributed by atoms with Gasteiger partial charge in [-0.15, -0.1) is 0 Å². The predicted molar refractivity (Wildman–Crippen MR) is 92.4 cm³/mol. The van der Waals surface area contributed by atoms with Gasteiger partial charge in [0.1, 0.15) is 6.10 Å². The number of carbonyl (C=O) groups is 1. The molecule has 0 radical (unpaired) electrons. The molecule has 2 aromatic heterocycles. The van der Waals surface area contributed by atoms with Gasteiger partial charge in [0, 0.05) is 39.5 Å². The molecule has 1 saturated heterocycles. The van der Waals surface area contributed by atoms with Crippen LogP contribution in [0.3, 0.4) is 0 Å². The summed E-state index contributed by atoms with van der Waals surface area (Å²) in [5, 5.41) is 2.56. The van der Waals surface area contributed by atoms with Crippen LogP contribution in [0.2, 0.25) is 0 Å². The highest BCUT2D eigenvalue weighted by molar-refractivity contribution is 5.89. The minimum absolute atomic E-state index is 0.117. The zero-order chi connectivity index (χ0) is 17.8. The minimum Gasteiger partial charge on any atom is -0.485 e. The SMILES string of the molecule is CN(C)c1ncccc1O[C@H]1CCN(C(=O)Nc2ccncc2F)C1. The number of likely N-dealkylation sites (tertiary alicyclic amines) is 1. The molecule has 1 aliphatic rings. The second-order valence-electron chi connectivity index (χ2n) is 5.98. The van der Waals surface area contributed by atoms with Crippen LogP contribution in [0.1, 0.15) is 6.42 Å². The molecule has 0 spiro atoms. The third-order valence-electron chi connectivity index (χ3n) is 3.91. The molecule has 0 unspecified atom stereocenters. The summed E-state index contributed by atoms with van der Waals surface area (Å²) in [5.74, 6) is 0.859. The Bertz CT molecular complexity index is 755. The van der Waals surface area contributed by atoms with E-state index in [0.717, 1.165) is 12.0 Å². The summed E-state index contributed by atoms with van der Waals surface area (Å²) in [6.45, 7) is 0.973. The highest BCUT2D eigenvalue weighted by atomic mass is 19.1. The summed E-state index contributed by atoms with van der Waals surface area (Å²) < 4.78 is 19.6. The molecule has 25 heavy (non-hydrogen) atoms. The third kappa shape index (κ3) is 3.96. The molecule has 2 aromatic rings. The minimum atomic E-state index is -0.561. The van der Waals surface area contributed by atoms with Crippen molar-refractivity contribution in [3.8, 4) is 5.75 Å². The molecule has 1 aliphatic heterocycles. The van der Waals surface area contributed by atoms with Crippen LogP contribution in [0.4, 0.5) is 20.7 Å². The average Bonchev–Trinajstić information content (AvgIpc) is 3.06. The van der Waals surface area contributed by atoms with Crippen LogP contribution in [-0.4, -0.2) is 54.2 Å². The molecule has 2 amide bonds. The summed E-state index contributed by atoms with van der Waals surface area (Å²) in [6, 6.07) is 4.75. The highest BCUT2D eigenvalue weighted by Gasteiger charge is 2.28. The van der Waals surface area contributed by atoms with Gasteiger partial charge < -0.3 is 19.9 Å². The zero-order valence-electron chi connectivity index (χ0n) is 14.1. The average molecular weight is 345 g/mol. The van der Waals surface area contributed by atoms with E-state index in [9.17, 15) is 9.18 Å². The fourth-order valence-electron chi connectivity index (χ4n) is 2.67. The number of halogens is 1. The number of nitrogens with one attached hydrogen (secondary N) is 1. The van der Waals surface area contributed by atoms with Gasteiger partial charge in [-0.25, -0.2) is 14.2 Å². The lowest BCUT2D eigenvalue weighted by Crippen LogP contribution is -2.34. The molecule has 3 heterocycles. The molecule has 1 N–H and O–H groups in total. The monoisotopic (exact) mass is 345 g/mol. The summed E-state index contributed by atoms with van der Waals surface area (Å²) >= 11 is 0. The van der Waals surface area contributed by atoms with Gasteiger partial charge in [-0.1, -0.05) is 0 Å². The van der Waals surface area contributed by atoms with Gasteiger partial charge in [-0.2, -0.15) is 0 Å². The number of carbonyl (C=O) groups excluding carboxylic acids is 1. The largest absolute Gasteiger partial charge is 0.485 e. The Balaban J connectivity index is 1.60. The molecule has 1 fully saturated rings. The van der Waals surface area contributed by atoms with E-state index in [1.165, 1.54) is 12.3 Å². The normalized spacial score (nSPS) is 16.6. The van der Waals surface area contributed by atoms with Crippen molar-refractivity contribution in [3.63, 3.8) is 0 Å². The predicted octanol–water partition coefficient (Wildman–Crippen LogP) is 2.37. The maximum atomic E-state index is 13.6. The van der Waals surface area contributed by atoms with Crippen LogP contribution in [0.15, 0.2) is 36.8 Å². The third-order valence-corrected chi connectivity index (χ3v) is 3.91. The number of hydrogen-bond donors (Lipinski definition) is 1. The van der Waals surface area contributed by atoms with Crippen molar-refractivity contribution in [1.82, 2.24) is 14.9 Å². The van der Waals surface area contributed by atoms with Crippen molar-refractivity contribution in [1.29, 1.82) is 0 Å². The van der Waals surface area contributed by atoms with Crippen molar-refractivity contribution >= 4 is 17.5 Å². The van der Waals surface area contributed by atoms with Crippen LogP contribution < -0.4 is 15.0 Å². The van der Waals surface area contributed by atoms with Crippen LogP contribution >= 0.6 is 0 Å². The van der Waals surface area contributed by atoms with E-state index >= 15 is 0 Å². The number of urea groups is 1. The zero-order valence-corrected chi connectivity index (χ0v) is 14.1. The van der Waals surface area contributed by atoms with Crippen LogP contribution in [0.5, 0.6) is 5.75 Å². The lowest BCUT2D eigenvalue weighted by molar-refractivity contribution is 0.195.